The largest absolute Gasteiger partial charge is 0.497 e. The van der Waals surface area contributed by atoms with Gasteiger partial charge in [-0.05, 0) is 68.3 Å². The second-order valence-electron chi connectivity index (χ2n) is 11.6. The Labute approximate surface area is 271 Å². The summed E-state index contributed by atoms with van der Waals surface area (Å²) in [7, 11) is -0.740. The monoisotopic (exact) mass is 676 g/mol. The molecule has 15 heteroatoms. The zero-order chi connectivity index (χ0) is 34.0. The SMILES string of the molecule is COc1ccc(CN(c2nn(C)c3c(NC(=N)C(Cc4cc(F)cc(F)c4)NC(=O)OC(C)(C)C)ccc(Cl)c23)S(C)(=O)=O)cc1. The Morgan fingerprint density at radius 3 is 2.28 bits per heavy atom. The number of sulfonamides is 1. The van der Waals surface area contributed by atoms with Crippen molar-refractivity contribution in [2.24, 2.45) is 7.05 Å². The molecule has 0 saturated carbocycles. The molecular formula is C31H35ClF2N6O5S. The predicted molar refractivity (Wildman–Crippen MR) is 174 cm³/mol. The van der Waals surface area contributed by atoms with Crippen LogP contribution in [0.15, 0.2) is 54.6 Å². The van der Waals surface area contributed by atoms with Crippen LogP contribution in [0.1, 0.15) is 31.9 Å². The molecule has 0 aliphatic carbocycles. The van der Waals surface area contributed by atoms with Crippen molar-refractivity contribution in [1.82, 2.24) is 15.1 Å². The van der Waals surface area contributed by atoms with E-state index in [-0.39, 0.29) is 35.2 Å². The van der Waals surface area contributed by atoms with Gasteiger partial charge in [-0.1, -0.05) is 23.7 Å². The Hall–Kier alpha value is -4.43. The number of rotatable bonds is 10. The normalized spacial score (nSPS) is 12.5. The summed E-state index contributed by atoms with van der Waals surface area (Å²) in [6.45, 7) is 4.97. The fourth-order valence-corrected chi connectivity index (χ4v) is 5.81. The van der Waals surface area contributed by atoms with Crippen LogP contribution in [0.25, 0.3) is 10.9 Å². The molecule has 0 bridgehead atoms. The molecule has 0 fully saturated rings. The number of aryl methyl sites for hydroxylation is 1. The van der Waals surface area contributed by atoms with Crippen LogP contribution in [-0.4, -0.2) is 55.1 Å². The highest BCUT2D eigenvalue weighted by Gasteiger charge is 2.28. The lowest BCUT2D eigenvalue weighted by molar-refractivity contribution is 0.0517. The number of hydrogen-bond acceptors (Lipinski definition) is 7. The van der Waals surface area contributed by atoms with Gasteiger partial charge in [0.25, 0.3) is 0 Å². The van der Waals surface area contributed by atoms with Crippen molar-refractivity contribution >= 4 is 56.0 Å². The van der Waals surface area contributed by atoms with E-state index in [0.717, 1.165) is 28.8 Å². The quantitative estimate of drug-likeness (QED) is 0.138. The number of carbonyl (C=O) groups is 1. The van der Waals surface area contributed by atoms with Gasteiger partial charge in [-0.3, -0.25) is 10.1 Å². The molecule has 3 aromatic carbocycles. The third-order valence-corrected chi connectivity index (χ3v) is 8.13. The molecule has 1 aromatic heterocycles. The van der Waals surface area contributed by atoms with Gasteiger partial charge >= 0.3 is 6.09 Å². The topological polar surface area (TPSA) is 139 Å². The summed E-state index contributed by atoms with van der Waals surface area (Å²) in [5.41, 5.74) is 0.687. The van der Waals surface area contributed by atoms with E-state index in [1.54, 1.807) is 58.2 Å². The molecule has 1 amide bonds. The Morgan fingerprint density at radius 1 is 1.09 bits per heavy atom. The Bertz CT molecular complexity index is 1860. The van der Waals surface area contributed by atoms with Gasteiger partial charge < -0.3 is 20.1 Å². The van der Waals surface area contributed by atoms with Crippen molar-refractivity contribution in [2.75, 3.05) is 23.0 Å². The predicted octanol–water partition coefficient (Wildman–Crippen LogP) is 6.00. The summed E-state index contributed by atoms with van der Waals surface area (Å²) < 4.78 is 67.2. The molecule has 4 aromatic rings. The maximum atomic E-state index is 14.0. The molecule has 0 spiro atoms. The number of fused-ring (bicyclic) bond motifs is 1. The lowest BCUT2D eigenvalue weighted by atomic mass is 10.0. The summed E-state index contributed by atoms with van der Waals surface area (Å²) in [5, 5.41) is 19.4. The summed E-state index contributed by atoms with van der Waals surface area (Å²) in [6, 6.07) is 11.8. The highest BCUT2D eigenvalue weighted by molar-refractivity contribution is 7.92. The molecule has 0 aliphatic heterocycles. The lowest BCUT2D eigenvalue weighted by Gasteiger charge is -2.25. The zero-order valence-corrected chi connectivity index (χ0v) is 27.7. The summed E-state index contributed by atoms with van der Waals surface area (Å²) in [4.78, 5) is 12.7. The van der Waals surface area contributed by atoms with Crippen LogP contribution in [0, 0.1) is 17.0 Å². The summed E-state index contributed by atoms with van der Waals surface area (Å²) in [5.74, 6) is -1.19. The summed E-state index contributed by atoms with van der Waals surface area (Å²) in [6.07, 6.45) is 0.0641. The van der Waals surface area contributed by atoms with Crippen LogP contribution in [0.5, 0.6) is 5.75 Å². The van der Waals surface area contributed by atoms with E-state index in [1.165, 1.54) is 17.9 Å². The Morgan fingerprint density at radius 2 is 1.72 bits per heavy atom. The molecule has 46 heavy (non-hydrogen) atoms. The number of hydrogen-bond donors (Lipinski definition) is 3. The minimum atomic E-state index is -3.86. The van der Waals surface area contributed by atoms with Gasteiger partial charge in [-0.25, -0.2) is 26.3 Å². The highest BCUT2D eigenvalue weighted by atomic mass is 35.5. The van der Waals surface area contributed by atoms with Crippen LogP contribution in [-0.2, 0) is 34.8 Å². The number of aromatic nitrogens is 2. The van der Waals surface area contributed by atoms with Crippen LogP contribution in [0.2, 0.25) is 5.02 Å². The lowest BCUT2D eigenvalue weighted by Crippen LogP contribution is -2.46. The van der Waals surface area contributed by atoms with Gasteiger partial charge in [0.15, 0.2) is 5.82 Å². The number of alkyl carbamates (subject to hydrolysis) is 1. The number of anilines is 2. The number of ether oxygens (including phenoxy) is 2. The fraction of sp³-hybridized carbons (Fsp3) is 0.323. The maximum Gasteiger partial charge on any atom is 0.408 e. The van der Waals surface area contributed by atoms with E-state index in [9.17, 15) is 22.0 Å². The standard InChI is InChI=1S/C31H35ClF2N6O5S/c1-31(2,3)45-30(41)37-25(15-19-13-20(33)16-21(34)14-19)28(35)36-24-12-11-23(32)26-27(24)39(4)38-29(26)40(46(6,42)43)17-18-7-9-22(44-5)10-8-18/h7-14,16,25H,15,17H2,1-6H3,(H2,35,36)(H,37,41). The molecule has 0 aliphatic rings. The number of nitrogens with zero attached hydrogens (tertiary/aromatic N) is 3. The van der Waals surface area contributed by atoms with E-state index >= 15 is 0 Å². The first-order chi connectivity index (χ1) is 21.4. The average molecular weight is 677 g/mol. The van der Waals surface area contributed by atoms with Crippen molar-refractivity contribution < 1.29 is 31.5 Å². The first-order valence-electron chi connectivity index (χ1n) is 14.0. The van der Waals surface area contributed by atoms with E-state index in [2.05, 4.69) is 15.7 Å². The van der Waals surface area contributed by atoms with Crippen LogP contribution < -0.4 is 19.7 Å². The van der Waals surface area contributed by atoms with Crippen LogP contribution in [0.4, 0.5) is 25.1 Å². The zero-order valence-electron chi connectivity index (χ0n) is 26.1. The number of methoxy groups -OCH3 is 1. The van der Waals surface area contributed by atoms with Crippen LogP contribution in [0.3, 0.4) is 0 Å². The number of nitrogens with one attached hydrogen (secondary N) is 3. The molecule has 11 nitrogen and oxygen atoms in total. The van der Waals surface area contributed by atoms with E-state index in [0.29, 0.717) is 27.9 Å². The molecule has 246 valence electrons. The van der Waals surface area contributed by atoms with E-state index in [4.69, 9.17) is 26.5 Å². The molecule has 1 unspecified atom stereocenters. The van der Waals surface area contributed by atoms with Crippen LogP contribution >= 0.6 is 11.6 Å². The third-order valence-electron chi connectivity index (χ3n) is 6.71. The number of amidine groups is 1. The van der Waals surface area contributed by atoms with Gasteiger partial charge in [-0.15, -0.1) is 0 Å². The van der Waals surface area contributed by atoms with Gasteiger partial charge in [-0.2, -0.15) is 5.10 Å². The second-order valence-corrected chi connectivity index (χ2v) is 13.9. The molecule has 1 heterocycles. The van der Waals surface area contributed by atoms with Crippen molar-refractivity contribution in [1.29, 1.82) is 5.41 Å². The number of halogens is 3. The van der Waals surface area contributed by atoms with Gasteiger partial charge in [0.1, 0.15) is 28.8 Å². The maximum absolute atomic E-state index is 14.0. The first kappa shape index (κ1) is 34.4. The Balaban J connectivity index is 1.73. The number of benzene rings is 3. The molecule has 4 rings (SSSR count). The molecule has 3 N–H and O–H groups in total. The molecule has 0 radical (unpaired) electrons. The van der Waals surface area contributed by atoms with Gasteiger partial charge in [0, 0.05) is 19.5 Å². The number of amides is 1. The highest BCUT2D eigenvalue weighted by Crippen LogP contribution is 2.38. The molecule has 1 atom stereocenters. The average Bonchev–Trinajstić information content (AvgIpc) is 3.28. The van der Waals surface area contributed by atoms with E-state index < -0.39 is 39.4 Å². The Kier molecular flexibility index (Phi) is 10.1. The smallest absolute Gasteiger partial charge is 0.408 e. The van der Waals surface area contributed by atoms with Crippen molar-refractivity contribution in [2.45, 2.75) is 45.4 Å². The third kappa shape index (κ3) is 8.43. The van der Waals surface area contributed by atoms with Crippen molar-refractivity contribution in [3.63, 3.8) is 0 Å². The number of carbonyl (C=O) groups excluding carboxylic acids is 1. The minimum absolute atomic E-state index is 0.0508. The molecule has 0 saturated heterocycles. The van der Waals surface area contributed by atoms with Gasteiger partial charge in [0.05, 0.1) is 47.6 Å². The fourth-order valence-electron chi connectivity index (χ4n) is 4.75. The van der Waals surface area contributed by atoms with Gasteiger partial charge in [0.2, 0.25) is 10.0 Å². The minimum Gasteiger partial charge on any atom is -0.497 e. The second kappa shape index (κ2) is 13.5. The van der Waals surface area contributed by atoms with Crippen molar-refractivity contribution in [3.8, 4) is 5.75 Å². The summed E-state index contributed by atoms with van der Waals surface area (Å²) >= 11 is 6.63. The molecular weight excluding hydrogens is 642 g/mol. The van der Waals surface area contributed by atoms with E-state index in [1.807, 2.05) is 0 Å². The first-order valence-corrected chi connectivity index (χ1v) is 16.2. The van der Waals surface area contributed by atoms with Crippen molar-refractivity contribution in [3.05, 3.63) is 82.4 Å².